The number of anilines is 5. The van der Waals surface area contributed by atoms with Gasteiger partial charge in [0.05, 0.1) is 11.7 Å². The zero-order chi connectivity index (χ0) is 36.0. The number of nitrogens with one attached hydrogen (secondary N) is 2. The van der Waals surface area contributed by atoms with Gasteiger partial charge in [-0.05, 0) is 119 Å². The molecule has 7 aromatic rings. The van der Waals surface area contributed by atoms with E-state index in [1.54, 1.807) is 0 Å². The number of benzene rings is 7. The van der Waals surface area contributed by atoms with Crippen LogP contribution in [0.4, 0.5) is 28.4 Å². The van der Waals surface area contributed by atoms with Crippen molar-refractivity contribution in [3.05, 3.63) is 217 Å². The average molecular weight is 685 g/mol. The predicted molar refractivity (Wildman–Crippen MR) is 225 cm³/mol. The summed E-state index contributed by atoms with van der Waals surface area (Å²) in [7, 11) is 0. The lowest BCUT2D eigenvalue weighted by atomic mass is 9.99. The van der Waals surface area contributed by atoms with E-state index in [0.29, 0.717) is 0 Å². The second-order valence-corrected chi connectivity index (χ2v) is 13.3. The van der Waals surface area contributed by atoms with Crippen LogP contribution in [0.5, 0.6) is 0 Å². The van der Waals surface area contributed by atoms with Crippen LogP contribution in [0.1, 0.15) is 16.7 Å². The van der Waals surface area contributed by atoms with E-state index in [-0.39, 0.29) is 6.04 Å². The largest absolute Gasteiger partial charge is 0.379 e. The Labute approximate surface area is 311 Å². The Balaban J connectivity index is 0.975. The van der Waals surface area contributed by atoms with Gasteiger partial charge >= 0.3 is 0 Å². The minimum Gasteiger partial charge on any atom is -0.379 e. The fourth-order valence-corrected chi connectivity index (χ4v) is 6.77. The summed E-state index contributed by atoms with van der Waals surface area (Å²) in [5.74, 6) is 0. The third-order valence-electron chi connectivity index (χ3n) is 9.61. The SMILES string of the molecule is Cc1ccc(N(c2ccc(C=N)cc2)c2ccc(-c3ccc4cc(/C=C/C5C=CC(N(c6ccccc6)c6ccccc6)=CN5)ccc4c3)cc2)cc1. The van der Waals surface area contributed by atoms with Gasteiger partial charge in [-0.3, -0.25) is 0 Å². The van der Waals surface area contributed by atoms with Crippen LogP contribution in [-0.4, -0.2) is 12.3 Å². The highest BCUT2D eigenvalue weighted by Crippen LogP contribution is 2.36. The molecule has 1 aliphatic rings. The van der Waals surface area contributed by atoms with Crippen molar-refractivity contribution in [1.82, 2.24) is 5.32 Å². The normalized spacial score (nSPS) is 13.8. The monoisotopic (exact) mass is 684 g/mol. The first-order valence-electron chi connectivity index (χ1n) is 18.0. The minimum atomic E-state index is 0.0937. The molecule has 8 rings (SSSR count). The molecule has 256 valence electrons. The molecule has 53 heavy (non-hydrogen) atoms. The minimum absolute atomic E-state index is 0.0937. The van der Waals surface area contributed by atoms with Gasteiger partial charge in [0.2, 0.25) is 0 Å². The van der Waals surface area contributed by atoms with Crippen LogP contribution in [0.2, 0.25) is 0 Å². The summed E-state index contributed by atoms with van der Waals surface area (Å²) in [6.07, 6.45) is 12.3. The second-order valence-electron chi connectivity index (χ2n) is 13.3. The van der Waals surface area contributed by atoms with Crippen LogP contribution >= 0.6 is 0 Å². The number of nitrogens with zero attached hydrogens (tertiary/aromatic N) is 2. The van der Waals surface area contributed by atoms with Crippen LogP contribution < -0.4 is 15.1 Å². The van der Waals surface area contributed by atoms with Crippen LogP contribution in [0.25, 0.3) is 28.0 Å². The van der Waals surface area contributed by atoms with Crippen LogP contribution in [-0.2, 0) is 0 Å². The molecule has 1 atom stereocenters. The maximum atomic E-state index is 7.61. The second kappa shape index (κ2) is 15.1. The van der Waals surface area contributed by atoms with Gasteiger partial charge in [0, 0.05) is 40.9 Å². The van der Waals surface area contributed by atoms with E-state index in [1.807, 2.05) is 24.3 Å². The Hall–Kier alpha value is -6.91. The number of hydrogen-bond acceptors (Lipinski definition) is 4. The predicted octanol–water partition coefficient (Wildman–Crippen LogP) is 12.5. The fraction of sp³-hybridized carbons (Fsp3) is 0.0408. The number of fused-ring (bicyclic) bond motifs is 1. The van der Waals surface area contributed by atoms with E-state index in [1.165, 1.54) is 39.2 Å². The van der Waals surface area contributed by atoms with Crippen molar-refractivity contribution in [2.24, 2.45) is 0 Å². The van der Waals surface area contributed by atoms with Crippen molar-refractivity contribution >= 4 is 51.5 Å². The van der Waals surface area contributed by atoms with E-state index in [4.69, 9.17) is 5.41 Å². The molecule has 4 nitrogen and oxygen atoms in total. The van der Waals surface area contributed by atoms with E-state index in [2.05, 4.69) is 198 Å². The number of rotatable bonds is 10. The van der Waals surface area contributed by atoms with Gasteiger partial charge in [0.25, 0.3) is 0 Å². The van der Waals surface area contributed by atoms with Gasteiger partial charge in [-0.2, -0.15) is 0 Å². The molecule has 0 saturated heterocycles. The van der Waals surface area contributed by atoms with Crippen LogP contribution in [0.15, 0.2) is 200 Å². The summed E-state index contributed by atoms with van der Waals surface area (Å²) in [6, 6.07) is 59.8. The number of para-hydroxylation sites is 2. The van der Waals surface area contributed by atoms with Crippen LogP contribution in [0, 0.1) is 12.3 Å². The Kier molecular flexibility index (Phi) is 9.50. The molecule has 0 radical (unpaired) electrons. The average Bonchev–Trinajstić information content (AvgIpc) is 3.22. The molecule has 2 N–H and O–H groups in total. The molecular formula is C49H40N4. The van der Waals surface area contributed by atoms with Crippen molar-refractivity contribution in [2.75, 3.05) is 9.80 Å². The Morgan fingerprint density at radius 3 is 1.66 bits per heavy atom. The zero-order valence-electron chi connectivity index (χ0n) is 29.6. The standard InChI is InChI=1S/C49H40N4/c1-36-12-25-46(26-13-36)52(47-27-16-38(34-50)17-28-47)48-29-21-39(22-30-48)41-20-19-40-32-37(14-18-42(40)33-41)15-23-43-24-31-49(35-51-43)53(44-8-4-2-5-9-44)45-10-6-3-7-11-45/h2-35,43,50-51H,1H3/b23-15+,50-34?. The van der Waals surface area contributed by atoms with Gasteiger partial charge in [-0.15, -0.1) is 0 Å². The molecule has 7 aromatic carbocycles. The van der Waals surface area contributed by atoms with Crippen molar-refractivity contribution in [3.8, 4) is 11.1 Å². The summed E-state index contributed by atoms with van der Waals surface area (Å²) in [6.45, 7) is 2.11. The van der Waals surface area contributed by atoms with E-state index in [9.17, 15) is 0 Å². The summed E-state index contributed by atoms with van der Waals surface area (Å²) >= 11 is 0. The molecule has 1 heterocycles. The maximum Gasteiger partial charge on any atom is 0.0630 e. The lowest BCUT2D eigenvalue weighted by molar-refractivity contribution is 0.816. The first kappa shape index (κ1) is 33.2. The maximum absolute atomic E-state index is 7.61. The molecule has 4 heteroatoms. The molecule has 1 aliphatic heterocycles. The Morgan fingerprint density at radius 1 is 0.528 bits per heavy atom. The highest BCUT2D eigenvalue weighted by atomic mass is 15.2. The smallest absolute Gasteiger partial charge is 0.0630 e. The van der Waals surface area contributed by atoms with E-state index >= 15 is 0 Å². The molecule has 0 spiro atoms. The lowest BCUT2D eigenvalue weighted by Crippen LogP contribution is -2.27. The third-order valence-corrected chi connectivity index (χ3v) is 9.61. The number of dihydropyridines is 1. The highest BCUT2D eigenvalue weighted by molar-refractivity contribution is 5.89. The Bertz CT molecular complexity index is 2390. The zero-order valence-corrected chi connectivity index (χ0v) is 29.6. The van der Waals surface area contributed by atoms with Crippen molar-refractivity contribution in [2.45, 2.75) is 13.0 Å². The third kappa shape index (κ3) is 7.44. The lowest BCUT2D eigenvalue weighted by Gasteiger charge is -2.28. The molecule has 0 saturated carbocycles. The first-order chi connectivity index (χ1) is 26.1. The highest BCUT2D eigenvalue weighted by Gasteiger charge is 2.16. The summed E-state index contributed by atoms with van der Waals surface area (Å²) in [4.78, 5) is 4.51. The molecule has 1 unspecified atom stereocenters. The van der Waals surface area contributed by atoms with Gasteiger partial charge < -0.3 is 20.5 Å². The number of aryl methyl sites for hydroxylation is 1. The van der Waals surface area contributed by atoms with Gasteiger partial charge in [0.15, 0.2) is 0 Å². The molecule has 0 fully saturated rings. The molecule has 0 aromatic heterocycles. The molecule has 0 aliphatic carbocycles. The molecule has 0 amide bonds. The number of allylic oxidation sites excluding steroid dienone is 1. The first-order valence-corrected chi connectivity index (χ1v) is 18.0. The quantitative estimate of drug-likeness (QED) is 0.141. The number of hydrogen-bond donors (Lipinski definition) is 2. The van der Waals surface area contributed by atoms with Gasteiger partial charge in [0.1, 0.15) is 0 Å². The topological polar surface area (TPSA) is 42.4 Å². The van der Waals surface area contributed by atoms with E-state index < -0.39 is 0 Å². The van der Waals surface area contributed by atoms with Crippen molar-refractivity contribution < 1.29 is 0 Å². The fourth-order valence-electron chi connectivity index (χ4n) is 6.77. The molecule has 0 bridgehead atoms. The van der Waals surface area contributed by atoms with Crippen molar-refractivity contribution in [1.29, 1.82) is 5.41 Å². The van der Waals surface area contributed by atoms with Crippen LogP contribution in [0.3, 0.4) is 0 Å². The van der Waals surface area contributed by atoms with Gasteiger partial charge in [-0.1, -0.05) is 121 Å². The van der Waals surface area contributed by atoms with E-state index in [0.717, 1.165) is 39.7 Å². The molecular weight excluding hydrogens is 645 g/mol. The summed E-state index contributed by atoms with van der Waals surface area (Å²) in [5, 5.41) is 13.6. The van der Waals surface area contributed by atoms with Crippen molar-refractivity contribution in [3.63, 3.8) is 0 Å². The summed E-state index contributed by atoms with van der Waals surface area (Å²) < 4.78 is 0. The summed E-state index contributed by atoms with van der Waals surface area (Å²) in [5.41, 5.74) is 12.2. The van der Waals surface area contributed by atoms with Gasteiger partial charge in [-0.25, -0.2) is 0 Å². The Morgan fingerprint density at radius 2 is 1.06 bits per heavy atom.